The van der Waals surface area contributed by atoms with E-state index in [0.717, 1.165) is 55.8 Å². The maximum atomic E-state index is 6.19. The van der Waals surface area contributed by atoms with Crippen LogP contribution in [-0.4, -0.2) is 48.8 Å². The van der Waals surface area contributed by atoms with Gasteiger partial charge in [-0.3, -0.25) is 4.90 Å². The Bertz CT molecular complexity index is 665. The molecule has 136 valence electrons. The fourth-order valence-electron chi connectivity index (χ4n) is 3.36. The largest absolute Gasteiger partial charge is 0.493 e. The van der Waals surface area contributed by atoms with E-state index in [1.807, 2.05) is 18.4 Å². The van der Waals surface area contributed by atoms with Crippen LogP contribution in [0.15, 0.2) is 41.2 Å². The first-order valence-corrected chi connectivity index (χ1v) is 10.0. The van der Waals surface area contributed by atoms with Gasteiger partial charge in [-0.25, -0.2) is 0 Å². The number of allylic oxidation sites excluding steroid dienone is 2. The Hall–Kier alpha value is -1.79. The van der Waals surface area contributed by atoms with Crippen molar-refractivity contribution in [2.45, 2.75) is 19.4 Å². The zero-order valence-corrected chi connectivity index (χ0v) is 15.9. The van der Waals surface area contributed by atoms with Crippen LogP contribution in [0, 0.1) is 0 Å². The molecule has 2 aliphatic rings. The fraction of sp³-hybridized carbons (Fsp3) is 0.474. The summed E-state index contributed by atoms with van der Waals surface area (Å²) >= 11 is 1.53. The molecule has 1 aromatic carbocycles. The predicted molar refractivity (Wildman–Crippen MR) is 105 cm³/mol. The van der Waals surface area contributed by atoms with Crippen LogP contribution in [0.3, 0.4) is 0 Å². The maximum absolute atomic E-state index is 6.19. The molecule has 3 rings (SSSR count). The van der Waals surface area contributed by atoms with Crippen LogP contribution in [-0.2, 0) is 6.42 Å². The minimum atomic E-state index is 0.383. The molecule has 6 heteroatoms. The molecule has 0 amide bonds. The first-order valence-electron chi connectivity index (χ1n) is 8.80. The first kappa shape index (κ1) is 18.0. The number of piperazine rings is 1. The monoisotopic (exact) mass is 360 g/mol. The summed E-state index contributed by atoms with van der Waals surface area (Å²) in [6, 6.07) is 7.06. The quantitative estimate of drug-likeness (QED) is 0.785. The molecule has 1 saturated heterocycles. The van der Waals surface area contributed by atoms with Gasteiger partial charge in [0.05, 0.1) is 17.5 Å². The highest BCUT2D eigenvalue weighted by atomic mass is 32.2. The number of ether oxygens (including phenoxy) is 1. The molecule has 4 N–H and O–H groups in total. The van der Waals surface area contributed by atoms with Crippen LogP contribution >= 0.6 is 11.8 Å². The lowest BCUT2D eigenvalue weighted by atomic mass is 10.0. The Morgan fingerprint density at radius 1 is 1.20 bits per heavy atom. The zero-order valence-electron chi connectivity index (χ0n) is 15.1. The number of fused-ring (bicyclic) bond motifs is 1. The lowest BCUT2D eigenvalue weighted by Crippen LogP contribution is -2.47. The van der Waals surface area contributed by atoms with E-state index >= 15 is 0 Å². The van der Waals surface area contributed by atoms with Crippen molar-refractivity contribution in [3.8, 4) is 5.75 Å². The van der Waals surface area contributed by atoms with E-state index in [1.165, 1.54) is 22.9 Å². The normalized spacial score (nSPS) is 20.3. The molecular weight excluding hydrogens is 332 g/mol. The van der Waals surface area contributed by atoms with Crippen LogP contribution in [0.25, 0.3) is 0 Å². The minimum Gasteiger partial charge on any atom is -0.493 e. The summed E-state index contributed by atoms with van der Waals surface area (Å²) in [5.74, 6) is 1.85. The highest BCUT2D eigenvalue weighted by Gasteiger charge is 2.23. The van der Waals surface area contributed by atoms with Gasteiger partial charge >= 0.3 is 0 Å². The third kappa shape index (κ3) is 4.25. The number of rotatable bonds is 5. The fourth-order valence-corrected chi connectivity index (χ4v) is 3.57. The second kappa shape index (κ2) is 8.06. The standard InChI is InChI=1S/C19H28N4OS/c1-14(16-4-3-15-7-12-24-17(15)13-16)22-8-10-23(11-9-22)18(20)5-6-19(21)25-2/h3-6,13-14H,7-12,20-21H2,1-2H3/b18-5+,19-6+. The van der Waals surface area contributed by atoms with Crippen molar-refractivity contribution in [2.24, 2.45) is 11.5 Å². The molecule has 2 heterocycles. The summed E-state index contributed by atoms with van der Waals surface area (Å²) in [6.07, 6.45) is 6.77. The van der Waals surface area contributed by atoms with E-state index in [4.69, 9.17) is 16.2 Å². The molecule has 5 nitrogen and oxygen atoms in total. The lowest BCUT2D eigenvalue weighted by molar-refractivity contribution is 0.122. The number of hydrogen-bond donors (Lipinski definition) is 2. The molecule has 0 saturated carbocycles. The van der Waals surface area contributed by atoms with Crippen LogP contribution in [0.5, 0.6) is 5.75 Å². The molecular formula is C19H28N4OS. The van der Waals surface area contributed by atoms with E-state index in [9.17, 15) is 0 Å². The van der Waals surface area contributed by atoms with Crippen molar-refractivity contribution in [1.82, 2.24) is 9.80 Å². The van der Waals surface area contributed by atoms with Gasteiger partial charge in [0.15, 0.2) is 0 Å². The van der Waals surface area contributed by atoms with Gasteiger partial charge < -0.3 is 21.1 Å². The molecule has 0 bridgehead atoms. The highest BCUT2D eigenvalue weighted by molar-refractivity contribution is 8.02. The topological polar surface area (TPSA) is 67.8 Å². The molecule has 1 fully saturated rings. The van der Waals surface area contributed by atoms with Gasteiger partial charge in [-0.05, 0) is 42.5 Å². The lowest BCUT2D eigenvalue weighted by Gasteiger charge is -2.39. The van der Waals surface area contributed by atoms with E-state index in [1.54, 1.807) is 0 Å². The summed E-state index contributed by atoms with van der Waals surface area (Å²) in [5.41, 5.74) is 14.6. The molecule has 1 aromatic rings. The summed E-state index contributed by atoms with van der Waals surface area (Å²) in [7, 11) is 0. The molecule has 2 aliphatic heterocycles. The first-order chi connectivity index (χ1) is 12.1. The maximum Gasteiger partial charge on any atom is 0.122 e. The molecule has 0 aliphatic carbocycles. The highest BCUT2D eigenvalue weighted by Crippen LogP contribution is 2.31. The van der Waals surface area contributed by atoms with Crippen molar-refractivity contribution in [2.75, 3.05) is 39.0 Å². The van der Waals surface area contributed by atoms with E-state index in [2.05, 4.69) is 34.9 Å². The van der Waals surface area contributed by atoms with Crippen molar-refractivity contribution in [3.05, 3.63) is 52.3 Å². The summed E-state index contributed by atoms with van der Waals surface area (Å²) in [5, 5.41) is 0.772. The minimum absolute atomic E-state index is 0.383. The Labute approximate surface area is 154 Å². The van der Waals surface area contributed by atoms with E-state index in [-0.39, 0.29) is 0 Å². The van der Waals surface area contributed by atoms with Crippen LogP contribution in [0.4, 0.5) is 0 Å². The molecule has 25 heavy (non-hydrogen) atoms. The Morgan fingerprint density at radius 3 is 2.68 bits per heavy atom. The smallest absolute Gasteiger partial charge is 0.122 e. The number of hydrogen-bond acceptors (Lipinski definition) is 6. The number of nitrogens with two attached hydrogens (primary N) is 2. The predicted octanol–water partition coefficient (Wildman–Crippen LogP) is 2.26. The van der Waals surface area contributed by atoms with Crippen LogP contribution in [0.2, 0.25) is 0 Å². The third-order valence-electron chi connectivity index (χ3n) is 5.08. The molecule has 1 atom stereocenters. The number of thioether (sulfide) groups is 1. The average molecular weight is 361 g/mol. The Morgan fingerprint density at radius 2 is 1.96 bits per heavy atom. The van der Waals surface area contributed by atoms with Crippen LogP contribution < -0.4 is 16.2 Å². The molecule has 0 spiro atoms. The zero-order chi connectivity index (χ0) is 17.8. The van der Waals surface area contributed by atoms with Gasteiger partial charge in [0.1, 0.15) is 5.75 Å². The molecule has 1 unspecified atom stereocenters. The van der Waals surface area contributed by atoms with Crippen molar-refractivity contribution < 1.29 is 4.74 Å². The second-order valence-electron chi connectivity index (χ2n) is 6.53. The van der Waals surface area contributed by atoms with Gasteiger partial charge in [0.25, 0.3) is 0 Å². The Balaban J connectivity index is 1.58. The summed E-state index contributed by atoms with van der Waals surface area (Å²) in [6.45, 7) is 6.94. The third-order valence-corrected chi connectivity index (χ3v) is 5.69. The van der Waals surface area contributed by atoms with Gasteiger partial charge in [-0.15, -0.1) is 11.8 Å². The summed E-state index contributed by atoms with van der Waals surface area (Å²) in [4.78, 5) is 4.73. The number of nitrogens with zero attached hydrogens (tertiary/aromatic N) is 2. The van der Waals surface area contributed by atoms with Crippen molar-refractivity contribution in [3.63, 3.8) is 0 Å². The molecule has 0 radical (unpaired) electrons. The van der Waals surface area contributed by atoms with Crippen LogP contribution in [0.1, 0.15) is 24.1 Å². The van der Waals surface area contributed by atoms with Gasteiger partial charge in [-0.1, -0.05) is 12.1 Å². The van der Waals surface area contributed by atoms with Crippen molar-refractivity contribution in [1.29, 1.82) is 0 Å². The number of benzene rings is 1. The summed E-state index contributed by atoms with van der Waals surface area (Å²) < 4.78 is 5.71. The van der Waals surface area contributed by atoms with E-state index in [0.29, 0.717) is 6.04 Å². The SMILES string of the molecule is CS/C(N)=C/C=C(\N)N1CCN(C(C)c2ccc3c(c2)OCC3)CC1. The van der Waals surface area contributed by atoms with E-state index < -0.39 is 0 Å². The average Bonchev–Trinajstić information content (AvgIpc) is 3.13. The molecule has 0 aromatic heterocycles. The Kier molecular flexibility index (Phi) is 5.81. The van der Waals surface area contributed by atoms with Gasteiger partial charge in [-0.2, -0.15) is 0 Å². The van der Waals surface area contributed by atoms with Crippen molar-refractivity contribution >= 4 is 11.8 Å². The van der Waals surface area contributed by atoms with Gasteiger partial charge in [0, 0.05) is 38.6 Å². The second-order valence-corrected chi connectivity index (χ2v) is 7.41. The van der Waals surface area contributed by atoms with Gasteiger partial charge in [0.2, 0.25) is 0 Å².